The highest BCUT2D eigenvalue weighted by Crippen LogP contribution is 2.45. The second-order valence-corrected chi connectivity index (χ2v) is 11.9. The van der Waals surface area contributed by atoms with Crippen LogP contribution in [0, 0.1) is 13.1 Å². The van der Waals surface area contributed by atoms with Gasteiger partial charge in [-0.25, -0.2) is 4.85 Å². The van der Waals surface area contributed by atoms with Crippen LogP contribution in [0.2, 0.25) is 0 Å². The lowest BCUT2D eigenvalue weighted by Crippen LogP contribution is -1.98. The summed E-state index contributed by atoms with van der Waals surface area (Å²) in [6.07, 6.45) is 0. The van der Waals surface area contributed by atoms with Crippen molar-refractivity contribution in [1.29, 1.82) is 0 Å². The number of hydrogen-bond acceptors (Lipinski definition) is 0. The van der Waals surface area contributed by atoms with Crippen molar-refractivity contribution in [2.75, 3.05) is 0 Å². The first kappa shape index (κ1) is 27.4. The van der Waals surface area contributed by atoms with Crippen LogP contribution in [-0.2, 0) is 0 Å². The molecule has 0 amide bonds. The molecule has 9 rings (SSSR count). The maximum Gasteiger partial charge on any atom is 0.218 e. The second kappa shape index (κ2) is 10.9. The average Bonchev–Trinajstić information content (AvgIpc) is 3.67. The van der Waals surface area contributed by atoms with E-state index < -0.39 is 0 Å². The molecular weight excluding hydrogens is 585 g/mol. The van der Waals surface area contributed by atoms with Gasteiger partial charge in [0.2, 0.25) is 5.69 Å². The molecule has 222 valence electrons. The first-order chi connectivity index (χ1) is 23.7. The molecule has 0 aliphatic rings. The maximum absolute atomic E-state index is 8.26. The normalized spacial score (nSPS) is 11.3. The third-order valence-corrected chi connectivity index (χ3v) is 9.36. The van der Waals surface area contributed by atoms with Crippen molar-refractivity contribution >= 4 is 55.0 Å². The molecule has 0 aliphatic heterocycles. The van der Waals surface area contributed by atoms with E-state index in [4.69, 9.17) is 13.1 Å². The Morgan fingerprint density at radius 1 is 0.396 bits per heavy atom. The largest absolute Gasteiger partial charge is 0.320 e. The molecule has 0 saturated carbocycles. The lowest BCUT2D eigenvalue weighted by molar-refractivity contribution is 1.18. The minimum Gasteiger partial charge on any atom is -0.320 e. The van der Waals surface area contributed by atoms with Crippen molar-refractivity contribution in [3.63, 3.8) is 0 Å². The second-order valence-electron chi connectivity index (χ2n) is 11.9. The molecule has 4 heteroatoms. The molecule has 0 aliphatic carbocycles. The van der Waals surface area contributed by atoms with E-state index in [0.717, 1.165) is 55.4 Å². The number of hydrogen-bond donors (Lipinski definition) is 0. The first-order valence-electron chi connectivity index (χ1n) is 15.8. The van der Waals surface area contributed by atoms with Gasteiger partial charge in [0.25, 0.3) is 0 Å². The van der Waals surface area contributed by atoms with Crippen molar-refractivity contribution in [1.82, 2.24) is 9.13 Å². The fourth-order valence-corrected chi connectivity index (χ4v) is 7.28. The van der Waals surface area contributed by atoms with Gasteiger partial charge >= 0.3 is 0 Å². The lowest BCUT2D eigenvalue weighted by Gasteiger charge is -2.18. The van der Waals surface area contributed by atoms with Crippen LogP contribution in [0.1, 0.15) is 0 Å². The van der Waals surface area contributed by atoms with Crippen LogP contribution in [0.4, 0.5) is 11.4 Å². The van der Waals surface area contributed by atoms with Crippen LogP contribution < -0.4 is 0 Å². The molecular formula is C44H26N4. The van der Waals surface area contributed by atoms with Gasteiger partial charge in [-0.15, -0.1) is 0 Å². The molecule has 0 unspecified atom stereocenters. The Bertz CT molecular complexity index is 2710. The smallest absolute Gasteiger partial charge is 0.218 e. The van der Waals surface area contributed by atoms with Crippen molar-refractivity contribution in [3.05, 3.63) is 181 Å². The Morgan fingerprint density at radius 3 is 1.42 bits per heavy atom. The molecule has 4 nitrogen and oxygen atoms in total. The van der Waals surface area contributed by atoms with Gasteiger partial charge in [0.1, 0.15) is 0 Å². The van der Waals surface area contributed by atoms with Crippen molar-refractivity contribution in [2.45, 2.75) is 0 Å². The summed E-state index contributed by atoms with van der Waals surface area (Å²) in [4.78, 5) is 7.75. The average molecular weight is 611 g/mol. The quantitative estimate of drug-likeness (QED) is 0.177. The summed E-state index contributed by atoms with van der Waals surface area (Å²) in [5, 5.41) is 4.69. The van der Waals surface area contributed by atoms with E-state index in [1.165, 1.54) is 21.8 Å². The van der Waals surface area contributed by atoms with Crippen LogP contribution >= 0.6 is 0 Å². The summed E-state index contributed by atoms with van der Waals surface area (Å²) in [5.41, 5.74) is 10.9. The highest BCUT2D eigenvalue weighted by molar-refractivity contribution is 6.11. The summed E-state index contributed by atoms with van der Waals surface area (Å²) in [6, 6.07) is 54.6. The summed E-state index contributed by atoms with van der Waals surface area (Å²) >= 11 is 0. The minimum absolute atomic E-state index is 0.348. The first-order valence-corrected chi connectivity index (χ1v) is 15.8. The van der Waals surface area contributed by atoms with Gasteiger partial charge in [0.05, 0.1) is 35.2 Å². The number of rotatable bonds is 4. The van der Waals surface area contributed by atoms with E-state index in [1.54, 1.807) is 6.07 Å². The number of aromatic nitrogens is 2. The molecule has 0 atom stereocenters. The zero-order valence-corrected chi connectivity index (χ0v) is 25.8. The fourth-order valence-electron chi connectivity index (χ4n) is 7.28. The van der Waals surface area contributed by atoms with Crippen LogP contribution in [0.25, 0.3) is 86.9 Å². The lowest BCUT2D eigenvalue weighted by atomic mass is 9.96. The molecule has 7 aromatic carbocycles. The van der Waals surface area contributed by atoms with E-state index in [2.05, 4.69) is 140 Å². The highest BCUT2D eigenvalue weighted by atomic mass is 15.0. The van der Waals surface area contributed by atoms with Gasteiger partial charge in [-0.2, -0.15) is 0 Å². The predicted molar refractivity (Wildman–Crippen MR) is 199 cm³/mol. The van der Waals surface area contributed by atoms with E-state index in [-0.39, 0.29) is 0 Å². The Kier molecular flexibility index (Phi) is 6.22. The number of fused-ring (bicyclic) bond motifs is 6. The van der Waals surface area contributed by atoms with Gasteiger partial charge in [-0.05, 0) is 64.7 Å². The third-order valence-electron chi connectivity index (χ3n) is 9.36. The molecule has 9 aromatic rings. The van der Waals surface area contributed by atoms with Crippen LogP contribution in [0.5, 0.6) is 0 Å². The van der Waals surface area contributed by atoms with Crippen LogP contribution in [-0.4, -0.2) is 9.13 Å². The van der Waals surface area contributed by atoms with E-state index in [0.29, 0.717) is 11.4 Å². The molecule has 0 fully saturated rings. The van der Waals surface area contributed by atoms with E-state index in [1.807, 2.05) is 30.3 Å². The zero-order valence-electron chi connectivity index (χ0n) is 25.8. The molecule has 48 heavy (non-hydrogen) atoms. The van der Waals surface area contributed by atoms with E-state index >= 15 is 0 Å². The van der Waals surface area contributed by atoms with Crippen molar-refractivity contribution < 1.29 is 0 Å². The molecule has 2 aromatic heterocycles. The molecule has 0 saturated heterocycles. The Labute approximate surface area is 277 Å². The van der Waals surface area contributed by atoms with E-state index in [9.17, 15) is 0 Å². The summed E-state index contributed by atoms with van der Waals surface area (Å²) in [5.74, 6) is 0. The SMILES string of the molecule is [C-]#[N+]c1ccc(-c2cccc(-c3cccc(-n4c5ccccc5c5ccccc54)c3)c2)c(-n2c3ccccc3c3ccccc32)c1[N+]#[C-]. The maximum atomic E-state index is 8.26. The number of benzene rings is 7. The van der Waals surface area contributed by atoms with Crippen molar-refractivity contribution in [2.24, 2.45) is 0 Å². The minimum atomic E-state index is 0.348. The van der Waals surface area contributed by atoms with Crippen molar-refractivity contribution in [3.8, 4) is 33.6 Å². The number of nitrogens with zero attached hydrogens (tertiary/aromatic N) is 4. The zero-order chi connectivity index (χ0) is 32.2. The van der Waals surface area contributed by atoms with Gasteiger partial charge in [-0.1, -0.05) is 115 Å². The highest BCUT2D eigenvalue weighted by Gasteiger charge is 2.21. The molecule has 0 bridgehead atoms. The van der Waals surface area contributed by atoms with Gasteiger partial charge in [-0.3, -0.25) is 4.85 Å². The monoisotopic (exact) mass is 610 g/mol. The number of para-hydroxylation sites is 4. The van der Waals surface area contributed by atoms with Crippen LogP contribution in [0.3, 0.4) is 0 Å². The molecule has 0 spiro atoms. The van der Waals surface area contributed by atoms with Gasteiger partial charge in [0.15, 0.2) is 5.69 Å². The molecule has 2 heterocycles. The Hall–Kier alpha value is -6.88. The molecule has 0 N–H and O–H groups in total. The van der Waals surface area contributed by atoms with Crippen LogP contribution in [0.15, 0.2) is 158 Å². The fraction of sp³-hybridized carbons (Fsp3) is 0. The Balaban J connectivity index is 1.26. The third kappa shape index (κ3) is 4.07. The summed E-state index contributed by atoms with van der Waals surface area (Å²) < 4.78 is 4.50. The van der Waals surface area contributed by atoms with Gasteiger partial charge < -0.3 is 9.13 Å². The predicted octanol–water partition coefficient (Wildman–Crippen LogP) is 12.3. The standard InChI is InChI=1S/C44H26N4/c1-45-38-26-25-33(44(43(38)46-2)48-41-23-9-5-19-36(41)37-20-6-10-24-42(37)48)31-15-11-13-29(27-31)30-14-12-16-32(28-30)47-39-21-7-3-17-34(39)35-18-4-8-22-40(35)47/h3-28H. The topological polar surface area (TPSA) is 18.6 Å². The summed E-state index contributed by atoms with van der Waals surface area (Å²) in [6.45, 7) is 16.2. The summed E-state index contributed by atoms with van der Waals surface area (Å²) in [7, 11) is 0. The molecule has 0 radical (unpaired) electrons. The Morgan fingerprint density at radius 2 is 0.875 bits per heavy atom. The van der Waals surface area contributed by atoms with Gasteiger partial charge in [0, 0.05) is 32.9 Å².